The third-order valence-corrected chi connectivity index (χ3v) is 4.54. The maximum atomic E-state index is 12.6. The molecule has 1 fully saturated rings. The Morgan fingerprint density at radius 2 is 1.72 bits per heavy atom. The largest absolute Gasteiger partial charge is 0.443 e. The Labute approximate surface area is 150 Å². The molecule has 130 valence electrons. The van der Waals surface area contributed by atoms with Crippen LogP contribution >= 0.6 is 15.9 Å². The van der Waals surface area contributed by atoms with Crippen molar-refractivity contribution >= 4 is 45.5 Å². The van der Waals surface area contributed by atoms with Crippen LogP contribution in [0.2, 0.25) is 0 Å². The summed E-state index contributed by atoms with van der Waals surface area (Å²) in [4.78, 5) is 62.5. The Bertz CT molecular complexity index is 758. The first kappa shape index (κ1) is 17.3. The molecule has 8 nitrogen and oxygen atoms in total. The lowest BCUT2D eigenvalue weighted by Gasteiger charge is -2.33. The number of imide groups is 2. The zero-order valence-electron chi connectivity index (χ0n) is 12.9. The minimum absolute atomic E-state index is 0.0321. The Morgan fingerprint density at radius 3 is 2.28 bits per heavy atom. The Hall–Kier alpha value is -2.55. The second-order valence-electron chi connectivity index (χ2n) is 5.52. The summed E-state index contributed by atoms with van der Waals surface area (Å²) >= 11 is 2.91. The van der Waals surface area contributed by atoms with Crippen LogP contribution in [-0.4, -0.2) is 57.5 Å². The maximum absolute atomic E-state index is 12.6. The summed E-state index contributed by atoms with van der Waals surface area (Å²) in [5, 5.41) is -0.0783. The second-order valence-corrected chi connectivity index (χ2v) is 6.08. The van der Waals surface area contributed by atoms with Crippen LogP contribution in [0.5, 0.6) is 0 Å². The van der Waals surface area contributed by atoms with Gasteiger partial charge in [0, 0.05) is 6.42 Å². The molecule has 0 N–H and O–H groups in total. The van der Waals surface area contributed by atoms with Gasteiger partial charge in [0.25, 0.3) is 17.7 Å². The number of esters is 1. The highest BCUT2D eigenvalue weighted by molar-refractivity contribution is 9.09. The van der Waals surface area contributed by atoms with Crippen LogP contribution in [0.1, 0.15) is 33.6 Å². The molecule has 1 saturated heterocycles. The lowest BCUT2D eigenvalue weighted by molar-refractivity contribution is -0.162. The van der Waals surface area contributed by atoms with Gasteiger partial charge < -0.3 is 4.74 Å². The van der Waals surface area contributed by atoms with Gasteiger partial charge >= 0.3 is 5.97 Å². The molecule has 1 aromatic rings. The normalized spacial score (nSPS) is 20.1. The zero-order chi connectivity index (χ0) is 18.1. The van der Waals surface area contributed by atoms with E-state index in [1.54, 1.807) is 12.1 Å². The van der Waals surface area contributed by atoms with Crippen LogP contribution in [-0.2, 0) is 19.1 Å². The fraction of sp³-hybridized carbons (Fsp3) is 0.312. The summed E-state index contributed by atoms with van der Waals surface area (Å²) in [7, 11) is 0. The summed E-state index contributed by atoms with van der Waals surface area (Å²) in [5.41, 5.74) is 0.462. The van der Waals surface area contributed by atoms with Crippen molar-refractivity contribution in [2.45, 2.75) is 18.9 Å². The fourth-order valence-corrected chi connectivity index (χ4v) is 3.02. The quantitative estimate of drug-likeness (QED) is 0.412. The SMILES string of the molecule is O=C(CBr)OCN1C(=O)CCC(N2C(=O)c3ccccc3C2=O)C1=O. The summed E-state index contributed by atoms with van der Waals surface area (Å²) in [5.74, 6) is -3.01. The van der Waals surface area contributed by atoms with Gasteiger partial charge in [0.2, 0.25) is 5.91 Å². The van der Waals surface area contributed by atoms with Crippen molar-refractivity contribution in [3.05, 3.63) is 35.4 Å². The highest BCUT2D eigenvalue weighted by Gasteiger charge is 2.47. The van der Waals surface area contributed by atoms with E-state index in [1.807, 2.05) is 0 Å². The van der Waals surface area contributed by atoms with Gasteiger partial charge in [-0.1, -0.05) is 28.1 Å². The van der Waals surface area contributed by atoms with E-state index in [2.05, 4.69) is 15.9 Å². The van der Waals surface area contributed by atoms with Gasteiger partial charge in [0.1, 0.15) is 11.4 Å². The van der Waals surface area contributed by atoms with Crippen molar-refractivity contribution in [1.82, 2.24) is 9.80 Å². The molecule has 25 heavy (non-hydrogen) atoms. The van der Waals surface area contributed by atoms with Crippen molar-refractivity contribution in [3.63, 3.8) is 0 Å². The van der Waals surface area contributed by atoms with Gasteiger partial charge in [-0.3, -0.25) is 28.9 Å². The molecule has 0 aliphatic carbocycles. The standard InChI is InChI=1S/C16H13BrN2O6/c17-7-13(21)25-8-18-12(20)6-5-11(16(18)24)19-14(22)9-3-1-2-4-10(9)15(19)23/h1-4,11H,5-8H2. The van der Waals surface area contributed by atoms with Gasteiger partial charge in [-0.2, -0.15) is 0 Å². The molecular formula is C16H13BrN2O6. The maximum Gasteiger partial charge on any atom is 0.318 e. The molecule has 1 atom stereocenters. The van der Waals surface area contributed by atoms with E-state index in [-0.39, 0.29) is 29.3 Å². The molecule has 0 spiro atoms. The number of carbonyl (C=O) groups excluding carboxylic acids is 5. The average Bonchev–Trinajstić information content (AvgIpc) is 2.86. The molecule has 4 amide bonds. The van der Waals surface area contributed by atoms with E-state index in [1.165, 1.54) is 12.1 Å². The van der Waals surface area contributed by atoms with Crippen LogP contribution < -0.4 is 0 Å². The van der Waals surface area contributed by atoms with Gasteiger partial charge in [0.05, 0.1) is 11.1 Å². The average molecular weight is 409 g/mol. The van der Waals surface area contributed by atoms with Crippen molar-refractivity contribution in [3.8, 4) is 0 Å². The molecule has 3 rings (SSSR count). The smallest absolute Gasteiger partial charge is 0.318 e. The summed E-state index contributed by atoms with van der Waals surface area (Å²) in [6, 6.07) is 5.21. The Balaban J connectivity index is 1.82. The number of likely N-dealkylation sites (tertiary alicyclic amines) is 1. The third kappa shape index (κ3) is 2.95. The molecule has 2 heterocycles. The van der Waals surface area contributed by atoms with Gasteiger partial charge in [-0.25, -0.2) is 4.90 Å². The van der Waals surface area contributed by atoms with Crippen molar-refractivity contribution in [2.24, 2.45) is 0 Å². The molecule has 0 radical (unpaired) electrons. The molecular weight excluding hydrogens is 396 g/mol. The van der Waals surface area contributed by atoms with Crippen LogP contribution in [0, 0.1) is 0 Å². The van der Waals surface area contributed by atoms with Crippen molar-refractivity contribution < 1.29 is 28.7 Å². The first-order valence-corrected chi connectivity index (χ1v) is 8.60. The number of rotatable bonds is 4. The van der Waals surface area contributed by atoms with Crippen LogP contribution in [0.25, 0.3) is 0 Å². The Morgan fingerprint density at radius 1 is 1.12 bits per heavy atom. The number of ether oxygens (including phenoxy) is 1. The van der Waals surface area contributed by atoms with E-state index < -0.39 is 42.4 Å². The van der Waals surface area contributed by atoms with E-state index in [0.29, 0.717) is 0 Å². The summed E-state index contributed by atoms with van der Waals surface area (Å²) < 4.78 is 4.81. The van der Waals surface area contributed by atoms with Gasteiger partial charge in [0.15, 0.2) is 6.73 Å². The molecule has 1 unspecified atom stereocenters. The topological polar surface area (TPSA) is 101 Å². The number of carbonyl (C=O) groups is 5. The molecule has 1 aromatic carbocycles. The number of fused-ring (bicyclic) bond motifs is 1. The lowest BCUT2D eigenvalue weighted by Crippen LogP contribution is -2.56. The van der Waals surface area contributed by atoms with E-state index in [0.717, 1.165) is 9.80 Å². The fourth-order valence-electron chi connectivity index (χ4n) is 2.86. The van der Waals surface area contributed by atoms with Crippen LogP contribution in [0.15, 0.2) is 24.3 Å². The number of piperidine rings is 1. The van der Waals surface area contributed by atoms with Crippen molar-refractivity contribution in [1.29, 1.82) is 0 Å². The molecule has 0 aromatic heterocycles. The summed E-state index contributed by atoms with van der Waals surface area (Å²) in [6.07, 6.45) is 0.0156. The van der Waals surface area contributed by atoms with E-state index in [4.69, 9.17) is 4.74 Å². The number of benzene rings is 1. The second kappa shape index (κ2) is 6.75. The highest BCUT2D eigenvalue weighted by Crippen LogP contribution is 2.28. The van der Waals surface area contributed by atoms with E-state index >= 15 is 0 Å². The number of halogens is 1. The predicted octanol–water partition coefficient (Wildman–Crippen LogP) is 0.696. The number of hydrogen-bond acceptors (Lipinski definition) is 6. The molecule has 2 aliphatic rings. The number of nitrogens with zero attached hydrogens (tertiary/aromatic N) is 2. The number of alkyl halides is 1. The Kier molecular flexibility index (Phi) is 4.67. The monoisotopic (exact) mass is 408 g/mol. The minimum atomic E-state index is -1.09. The van der Waals surface area contributed by atoms with Crippen LogP contribution in [0.3, 0.4) is 0 Å². The first-order valence-electron chi connectivity index (χ1n) is 7.48. The molecule has 9 heteroatoms. The zero-order valence-corrected chi connectivity index (χ0v) is 14.5. The number of hydrogen-bond donors (Lipinski definition) is 0. The van der Waals surface area contributed by atoms with Gasteiger partial charge in [-0.05, 0) is 18.6 Å². The highest BCUT2D eigenvalue weighted by atomic mass is 79.9. The minimum Gasteiger partial charge on any atom is -0.443 e. The predicted molar refractivity (Wildman–Crippen MR) is 86.6 cm³/mol. The van der Waals surface area contributed by atoms with Crippen molar-refractivity contribution in [2.75, 3.05) is 12.1 Å². The lowest BCUT2D eigenvalue weighted by atomic mass is 10.0. The van der Waals surface area contributed by atoms with E-state index in [9.17, 15) is 24.0 Å². The first-order chi connectivity index (χ1) is 12.0. The van der Waals surface area contributed by atoms with Gasteiger partial charge in [-0.15, -0.1) is 0 Å². The summed E-state index contributed by atoms with van der Waals surface area (Å²) in [6.45, 7) is -0.540. The third-order valence-electron chi connectivity index (χ3n) is 4.08. The molecule has 0 bridgehead atoms. The molecule has 2 aliphatic heterocycles. The number of amides is 4. The van der Waals surface area contributed by atoms with Crippen LogP contribution in [0.4, 0.5) is 0 Å². The molecule has 0 saturated carbocycles.